The van der Waals surface area contributed by atoms with E-state index in [0.29, 0.717) is 18.1 Å². The zero-order valence-corrected chi connectivity index (χ0v) is 21.9. The molecule has 4 rings (SSSR count). The molecule has 186 valence electrons. The van der Waals surface area contributed by atoms with Crippen LogP contribution in [0.15, 0.2) is 30.3 Å². The predicted molar refractivity (Wildman–Crippen MR) is 139 cm³/mol. The molecule has 0 spiro atoms. The van der Waals surface area contributed by atoms with Crippen LogP contribution in [-0.4, -0.2) is 36.7 Å². The van der Waals surface area contributed by atoms with Crippen molar-refractivity contribution in [2.45, 2.75) is 85.8 Å². The number of aryl methyl sites for hydroxylation is 1. The van der Waals surface area contributed by atoms with Crippen molar-refractivity contribution in [2.75, 3.05) is 19.7 Å². The lowest BCUT2D eigenvalue weighted by Crippen LogP contribution is -2.36. The number of fused-ring (bicyclic) bond motifs is 1. The highest BCUT2D eigenvalue weighted by Crippen LogP contribution is 2.40. The molecule has 0 aromatic heterocycles. The van der Waals surface area contributed by atoms with E-state index in [1.807, 2.05) is 6.92 Å². The van der Waals surface area contributed by atoms with Crippen LogP contribution in [0, 0.1) is 24.2 Å². The molecule has 0 amide bonds. The zero-order chi connectivity index (χ0) is 24.3. The minimum absolute atomic E-state index is 0.0298. The van der Waals surface area contributed by atoms with Gasteiger partial charge in [-0.2, -0.15) is 0 Å². The first-order valence-corrected chi connectivity index (χ1v) is 13.3. The van der Waals surface area contributed by atoms with Crippen LogP contribution in [0.1, 0.15) is 77.3 Å². The molecule has 0 unspecified atom stereocenters. The van der Waals surface area contributed by atoms with Crippen molar-refractivity contribution in [2.24, 2.45) is 17.3 Å². The molecule has 1 heterocycles. The lowest BCUT2D eigenvalue weighted by atomic mass is 9.72. The number of hydrogen-bond acceptors (Lipinski definition) is 4. The molecule has 2 aromatic carbocycles. The van der Waals surface area contributed by atoms with E-state index in [9.17, 15) is 4.79 Å². The standard InChI is InChI=1S/C30H43NO3/c1-6-33-29(32)22-15-17-31(18-16-22)20-27-26-10-8-7-9-25(26)21(2)19-28(27)34-24-13-11-23(12-14-24)30(3,4)5/h7-10,19,22-24H,6,11-18,20H2,1-5H3. The van der Waals surface area contributed by atoms with Gasteiger partial charge in [-0.3, -0.25) is 9.69 Å². The molecule has 2 fully saturated rings. The van der Waals surface area contributed by atoms with Crippen LogP contribution >= 0.6 is 0 Å². The lowest BCUT2D eigenvalue weighted by Gasteiger charge is -2.37. The molecule has 2 aliphatic rings. The maximum Gasteiger partial charge on any atom is 0.309 e. The second kappa shape index (κ2) is 10.7. The van der Waals surface area contributed by atoms with Gasteiger partial charge in [0, 0.05) is 12.1 Å². The second-order valence-electron chi connectivity index (χ2n) is 11.5. The van der Waals surface area contributed by atoms with Crippen LogP contribution in [-0.2, 0) is 16.1 Å². The molecule has 0 bridgehead atoms. The average Bonchev–Trinajstić information content (AvgIpc) is 2.82. The summed E-state index contributed by atoms with van der Waals surface area (Å²) in [5.41, 5.74) is 2.96. The highest BCUT2D eigenvalue weighted by atomic mass is 16.5. The number of benzene rings is 2. The zero-order valence-electron chi connectivity index (χ0n) is 21.9. The fraction of sp³-hybridized carbons (Fsp3) is 0.633. The highest BCUT2D eigenvalue weighted by Gasteiger charge is 2.31. The number of nitrogens with zero attached hydrogens (tertiary/aromatic N) is 1. The molecule has 2 aromatic rings. The first-order valence-electron chi connectivity index (χ1n) is 13.3. The third-order valence-corrected chi connectivity index (χ3v) is 8.10. The van der Waals surface area contributed by atoms with Gasteiger partial charge in [-0.05, 0) is 99.2 Å². The van der Waals surface area contributed by atoms with Gasteiger partial charge in [0.2, 0.25) is 0 Å². The van der Waals surface area contributed by atoms with E-state index in [1.165, 1.54) is 34.7 Å². The Labute approximate surface area is 206 Å². The third kappa shape index (κ3) is 5.76. The molecule has 0 radical (unpaired) electrons. The second-order valence-corrected chi connectivity index (χ2v) is 11.5. The quantitative estimate of drug-likeness (QED) is 0.435. The molecular formula is C30H43NO3. The maximum absolute atomic E-state index is 12.2. The van der Waals surface area contributed by atoms with Crippen molar-refractivity contribution >= 4 is 16.7 Å². The Morgan fingerprint density at radius 3 is 2.26 bits per heavy atom. The van der Waals surface area contributed by atoms with Crippen LogP contribution in [0.4, 0.5) is 0 Å². The Morgan fingerprint density at radius 2 is 1.65 bits per heavy atom. The van der Waals surface area contributed by atoms with Crippen LogP contribution in [0.5, 0.6) is 5.75 Å². The molecule has 0 atom stereocenters. The molecule has 0 N–H and O–H groups in total. The first kappa shape index (κ1) is 25.0. The number of esters is 1. The van der Waals surface area contributed by atoms with E-state index < -0.39 is 0 Å². The van der Waals surface area contributed by atoms with Crippen molar-refractivity contribution in [1.82, 2.24) is 4.90 Å². The summed E-state index contributed by atoms with van der Waals surface area (Å²) >= 11 is 0. The van der Waals surface area contributed by atoms with Gasteiger partial charge in [-0.1, -0.05) is 45.0 Å². The number of rotatable bonds is 6. The molecular weight excluding hydrogens is 422 g/mol. The minimum atomic E-state index is -0.0298. The van der Waals surface area contributed by atoms with Gasteiger partial charge in [-0.25, -0.2) is 0 Å². The van der Waals surface area contributed by atoms with Gasteiger partial charge in [0.15, 0.2) is 0 Å². The summed E-state index contributed by atoms with van der Waals surface area (Å²) in [7, 11) is 0. The summed E-state index contributed by atoms with van der Waals surface area (Å²) < 4.78 is 12.0. The smallest absolute Gasteiger partial charge is 0.309 e. The Morgan fingerprint density at radius 1 is 1.00 bits per heavy atom. The van der Waals surface area contributed by atoms with Crippen molar-refractivity contribution in [3.63, 3.8) is 0 Å². The van der Waals surface area contributed by atoms with Gasteiger partial charge in [0.1, 0.15) is 5.75 Å². The number of ether oxygens (including phenoxy) is 2. The topological polar surface area (TPSA) is 38.8 Å². The molecule has 4 nitrogen and oxygen atoms in total. The van der Waals surface area contributed by atoms with Crippen LogP contribution in [0.25, 0.3) is 10.8 Å². The van der Waals surface area contributed by atoms with Crippen molar-refractivity contribution < 1.29 is 14.3 Å². The number of piperidine rings is 1. The monoisotopic (exact) mass is 465 g/mol. The Bertz CT molecular complexity index is 976. The van der Waals surface area contributed by atoms with E-state index in [1.54, 1.807) is 0 Å². The SMILES string of the molecule is CCOC(=O)C1CCN(Cc2c(OC3CCC(C(C)(C)C)CC3)cc(C)c3ccccc23)CC1. The van der Waals surface area contributed by atoms with Gasteiger partial charge in [0.25, 0.3) is 0 Å². The van der Waals surface area contributed by atoms with Crippen LogP contribution in [0.3, 0.4) is 0 Å². The number of carbonyl (C=O) groups is 1. The summed E-state index contributed by atoms with van der Waals surface area (Å²) in [6.07, 6.45) is 6.81. The maximum atomic E-state index is 12.2. The summed E-state index contributed by atoms with van der Waals surface area (Å²) in [5, 5.41) is 2.61. The van der Waals surface area contributed by atoms with E-state index in [0.717, 1.165) is 57.0 Å². The average molecular weight is 466 g/mol. The molecule has 1 aliphatic carbocycles. The van der Waals surface area contributed by atoms with E-state index in [-0.39, 0.29) is 11.9 Å². The Hall–Kier alpha value is -2.07. The molecule has 1 saturated carbocycles. The van der Waals surface area contributed by atoms with E-state index in [4.69, 9.17) is 9.47 Å². The van der Waals surface area contributed by atoms with Crippen molar-refractivity contribution in [3.8, 4) is 5.75 Å². The molecule has 34 heavy (non-hydrogen) atoms. The number of hydrogen-bond donors (Lipinski definition) is 0. The fourth-order valence-electron chi connectivity index (χ4n) is 5.89. The summed E-state index contributed by atoms with van der Waals surface area (Å²) in [6.45, 7) is 14.4. The summed E-state index contributed by atoms with van der Waals surface area (Å²) in [5.74, 6) is 1.85. The summed E-state index contributed by atoms with van der Waals surface area (Å²) in [6, 6.07) is 11.0. The van der Waals surface area contributed by atoms with Gasteiger partial charge in [-0.15, -0.1) is 0 Å². The highest BCUT2D eigenvalue weighted by molar-refractivity contribution is 5.90. The normalized spacial score (nSPS) is 22.6. The van der Waals surface area contributed by atoms with Crippen molar-refractivity contribution in [1.29, 1.82) is 0 Å². The van der Waals surface area contributed by atoms with Gasteiger partial charge in [0.05, 0.1) is 18.6 Å². The number of likely N-dealkylation sites (tertiary alicyclic amines) is 1. The van der Waals surface area contributed by atoms with Crippen LogP contribution < -0.4 is 4.74 Å². The first-order chi connectivity index (χ1) is 16.3. The lowest BCUT2D eigenvalue weighted by molar-refractivity contribution is -0.149. The Kier molecular flexibility index (Phi) is 7.87. The molecule has 1 saturated heterocycles. The predicted octanol–water partition coefficient (Wildman–Crippen LogP) is 6.91. The van der Waals surface area contributed by atoms with Crippen molar-refractivity contribution in [3.05, 3.63) is 41.5 Å². The number of carbonyl (C=O) groups excluding carboxylic acids is 1. The minimum Gasteiger partial charge on any atom is -0.490 e. The Balaban J connectivity index is 1.51. The fourth-order valence-corrected chi connectivity index (χ4v) is 5.89. The van der Waals surface area contributed by atoms with E-state index >= 15 is 0 Å². The third-order valence-electron chi connectivity index (χ3n) is 8.10. The van der Waals surface area contributed by atoms with Crippen LogP contribution in [0.2, 0.25) is 0 Å². The molecule has 1 aliphatic heterocycles. The molecule has 4 heteroatoms. The van der Waals surface area contributed by atoms with Gasteiger partial charge < -0.3 is 9.47 Å². The summed E-state index contributed by atoms with van der Waals surface area (Å²) in [4.78, 5) is 14.7. The van der Waals surface area contributed by atoms with E-state index in [2.05, 4.69) is 62.9 Å². The largest absolute Gasteiger partial charge is 0.490 e. The van der Waals surface area contributed by atoms with Gasteiger partial charge >= 0.3 is 5.97 Å².